The number of sulfonamides is 1. The third kappa shape index (κ3) is 4.74. The lowest BCUT2D eigenvalue weighted by atomic mass is 10.1. The lowest BCUT2D eigenvalue weighted by Crippen LogP contribution is -2.47. The van der Waals surface area contributed by atoms with Crippen LogP contribution in [0, 0.1) is 6.92 Å². The van der Waals surface area contributed by atoms with Crippen LogP contribution >= 0.6 is 0 Å². The monoisotopic (exact) mass is 426 g/mol. The van der Waals surface area contributed by atoms with E-state index in [1.807, 2.05) is 55.5 Å². The van der Waals surface area contributed by atoms with Crippen LogP contribution in [-0.2, 0) is 21.4 Å². The second-order valence-electron chi connectivity index (χ2n) is 7.31. The number of methoxy groups -OCH3 is 1. The van der Waals surface area contributed by atoms with Gasteiger partial charge in [-0.3, -0.25) is 9.10 Å². The van der Waals surface area contributed by atoms with Gasteiger partial charge >= 0.3 is 0 Å². The number of aryl methyl sites for hydroxylation is 1. The van der Waals surface area contributed by atoms with Crippen LogP contribution in [0.2, 0.25) is 0 Å². The van der Waals surface area contributed by atoms with Gasteiger partial charge in [0.05, 0.1) is 19.1 Å². The molecule has 0 aliphatic carbocycles. The molecule has 3 aromatic carbocycles. The predicted octanol–water partition coefficient (Wildman–Crippen LogP) is 3.63. The first-order valence-electron chi connectivity index (χ1n) is 9.60. The van der Waals surface area contributed by atoms with Crippen molar-refractivity contribution in [1.29, 1.82) is 0 Å². The Hall–Kier alpha value is -3.06. The Morgan fingerprint density at radius 1 is 1.07 bits per heavy atom. The Morgan fingerprint density at radius 2 is 1.77 bits per heavy atom. The SMILES string of the molecule is COc1ccc(C)cc1N(C(C)C(=O)NCc1ccc2ccccc2c1)S(C)(=O)=O. The predicted molar refractivity (Wildman–Crippen MR) is 120 cm³/mol. The molecule has 0 bridgehead atoms. The average molecular weight is 427 g/mol. The first-order chi connectivity index (χ1) is 14.2. The lowest BCUT2D eigenvalue weighted by molar-refractivity contribution is -0.122. The van der Waals surface area contributed by atoms with Gasteiger partial charge in [-0.2, -0.15) is 0 Å². The Morgan fingerprint density at radius 3 is 2.43 bits per heavy atom. The Labute approximate surface area is 177 Å². The van der Waals surface area contributed by atoms with Crippen molar-refractivity contribution < 1.29 is 17.9 Å². The number of ether oxygens (including phenoxy) is 1. The van der Waals surface area contributed by atoms with Crippen LogP contribution in [0.5, 0.6) is 5.75 Å². The van der Waals surface area contributed by atoms with Crippen molar-refractivity contribution in [3.05, 3.63) is 71.8 Å². The minimum atomic E-state index is -3.73. The molecule has 3 rings (SSSR count). The van der Waals surface area contributed by atoms with E-state index in [0.717, 1.165) is 32.5 Å². The zero-order chi connectivity index (χ0) is 21.9. The largest absolute Gasteiger partial charge is 0.495 e. The number of hydrogen-bond acceptors (Lipinski definition) is 4. The number of nitrogens with one attached hydrogen (secondary N) is 1. The fraction of sp³-hybridized carbons (Fsp3) is 0.261. The van der Waals surface area contributed by atoms with Crippen LogP contribution < -0.4 is 14.4 Å². The van der Waals surface area contributed by atoms with E-state index in [1.165, 1.54) is 7.11 Å². The first-order valence-corrected chi connectivity index (χ1v) is 11.4. The fourth-order valence-corrected chi connectivity index (χ4v) is 4.61. The van der Waals surface area contributed by atoms with Crippen molar-refractivity contribution in [2.45, 2.75) is 26.4 Å². The van der Waals surface area contributed by atoms with Crippen molar-refractivity contribution in [2.75, 3.05) is 17.7 Å². The Bertz CT molecular complexity index is 1170. The molecule has 0 fully saturated rings. The minimum Gasteiger partial charge on any atom is -0.495 e. The van der Waals surface area contributed by atoms with Gasteiger partial charge in [-0.05, 0) is 53.9 Å². The van der Waals surface area contributed by atoms with Gasteiger partial charge in [0.1, 0.15) is 11.8 Å². The number of anilines is 1. The molecule has 0 aliphatic heterocycles. The second kappa shape index (κ2) is 8.75. The summed E-state index contributed by atoms with van der Waals surface area (Å²) in [5, 5.41) is 5.06. The summed E-state index contributed by atoms with van der Waals surface area (Å²) in [5.74, 6) is -0.00246. The van der Waals surface area contributed by atoms with Crippen LogP contribution in [0.4, 0.5) is 5.69 Å². The highest BCUT2D eigenvalue weighted by molar-refractivity contribution is 7.92. The van der Waals surface area contributed by atoms with E-state index >= 15 is 0 Å². The number of carbonyl (C=O) groups excluding carboxylic acids is 1. The molecule has 1 amide bonds. The summed E-state index contributed by atoms with van der Waals surface area (Å²) in [4.78, 5) is 12.9. The molecule has 3 aromatic rings. The van der Waals surface area contributed by atoms with Crippen molar-refractivity contribution in [3.8, 4) is 5.75 Å². The number of carbonyl (C=O) groups is 1. The Balaban J connectivity index is 1.83. The molecular weight excluding hydrogens is 400 g/mol. The minimum absolute atomic E-state index is 0.302. The van der Waals surface area contributed by atoms with Gasteiger partial charge in [-0.25, -0.2) is 8.42 Å². The molecule has 0 spiro atoms. The third-order valence-electron chi connectivity index (χ3n) is 4.94. The average Bonchev–Trinajstić information content (AvgIpc) is 2.71. The molecule has 0 aliphatic rings. The standard InChI is InChI=1S/C23H26N2O4S/c1-16-9-12-22(29-3)21(13-16)25(30(4,27)28)17(2)23(26)24-15-18-10-11-19-7-5-6-8-20(19)14-18/h5-14,17H,15H2,1-4H3,(H,24,26). The normalized spacial score (nSPS) is 12.4. The molecule has 1 unspecified atom stereocenters. The molecular formula is C23H26N2O4S. The third-order valence-corrected chi connectivity index (χ3v) is 6.17. The van der Waals surface area contributed by atoms with E-state index in [4.69, 9.17) is 4.74 Å². The van der Waals surface area contributed by atoms with Gasteiger partial charge in [0.15, 0.2) is 0 Å². The molecule has 0 heterocycles. The van der Waals surface area contributed by atoms with E-state index in [-0.39, 0.29) is 0 Å². The molecule has 7 heteroatoms. The van der Waals surface area contributed by atoms with E-state index in [9.17, 15) is 13.2 Å². The number of amides is 1. The molecule has 0 radical (unpaired) electrons. The topological polar surface area (TPSA) is 75.7 Å². The summed E-state index contributed by atoms with van der Waals surface area (Å²) in [6, 6.07) is 18.2. The van der Waals surface area contributed by atoms with Crippen LogP contribution in [0.15, 0.2) is 60.7 Å². The van der Waals surface area contributed by atoms with Gasteiger partial charge in [0.2, 0.25) is 15.9 Å². The summed E-state index contributed by atoms with van der Waals surface area (Å²) in [6.07, 6.45) is 1.09. The molecule has 158 valence electrons. The highest BCUT2D eigenvalue weighted by Gasteiger charge is 2.31. The zero-order valence-electron chi connectivity index (χ0n) is 17.5. The van der Waals surface area contributed by atoms with E-state index in [2.05, 4.69) is 5.32 Å². The van der Waals surface area contributed by atoms with Gasteiger partial charge in [-0.1, -0.05) is 42.5 Å². The molecule has 1 atom stereocenters. The van der Waals surface area contributed by atoms with Crippen molar-refractivity contribution >= 4 is 32.4 Å². The lowest BCUT2D eigenvalue weighted by Gasteiger charge is -2.29. The van der Waals surface area contributed by atoms with E-state index < -0.39 is 22.0 Å². The first kappa shape index (κ1) is 21.6. The number of benzene rings is 3. The Kier molecular flexibility index (Phi) is 6.31. The molecule has 6 nitrogen and oxygen atoms in total. The van der Waals surface area contributed by atoms with Crippen molar-refractivity contribution in [1.82, 2.24) is 5.32 Å². The second-order valence-corrected chi connectivity index (χ2v) is 9.17. The van der Waals surface area contributed by atoms with E-state index in [0.29, 0.717) is 18.0 Å². The molecule has 30 heavy (non-hydrogen) atoms. The van der Waals surface area contributed by atoms with E-state index in [1.54, 1.807) is 19.1 Å². The van der Waals surface area contributed by atoms with Gasteiger partial charge in [0, 0.05) is 6.54 Å². The summed E-state index contributed by atoms with van der Waals surface area (Å²) in [7, 11) is -2.26. The number of rotatable bonds is 7. The van der Waals surface area contributed by atoms with Crippen molar-refractivity contribution in [3.63, 3.8) is 0 Å². The zero-order valence-corrected chi connectivity index (χ0v) is 18.4. The summed E-state index contributed by atoms with van der Waals surface area (Å²) >= 11 is 0. The number of nitrogens with zero attached hydrogens (tertiary/aromatic N) is 1. The van der Waals surface area contributed by atoms with Crippen LogP contribution in [0.1, 0.15) is 18.1 Å². The van der Waals surface area contributed by atoms with Gasteiger partial charge in [-0.15, -0.1) is 0 Å². The summed E-state index contributed by atoms with van der Waals surface area (Å²) in [6.45, 7) is 3.73. The highest BCUT2D eigenvalue weighted by atomic mass is 32.2. The number of fused-ring (bicyclic) bond motifs is 1. The molecule has 0 aromatic heterocycles. The summed E-state index contributed by atoms with van der Waals surface area (Å²) in [5.41, 5.74) is 2.14. The van der Waals surface area contributed by atoms with Crippen LogP contribution in [0.3, 0.4) is 0 Å². The van der Waals surface area contributed by atoms with Gasteiger partial charge in [0.25, 0.3) is 0 Å². The molecule has 1 N–H and O–H groups in total. The van der Waals surface area contributed by atoms with Gasteiger partial charge < -0.3 is 10.1 Å². The maximum absolute atomic E-state index is 12.9. The summed E-state index contributed by atoms with van der Waals surface area (Å²) < 4.78 is 31.6. The quantitative estimate of drug-likeness (QED) is 0.626. The molecule has 0 saturated carbocycles. The number of hydrogen-bond donors (Lipinski definition) is 1. The van der Waals surface area contributed by atoms with Crippen LogP contribution in [0.25, 0.3) is 10.8 Å². The van der Waals surface area contributed by atoms with Crippen LogP contribution in [-0.4, -0.2) is 33.7 Å². The van der Waals surface area contributed by atoms with Crippen molar-refractivity contribution in [2.24, 2.45) is 0 Å². The maximum atomic E-state index is 12.9. The molecule has 0 saturated heterocycles. The fourth-order valence-electron chi connectivity index (χ4n) is 3.44. The highest BCUT2D eigenvalue weighted by Crippen LogP contribution is 2.32. The maximum Gasteiger partial charge on any atom is 0.243 e. The smallest absolute Gasteiger partial charge is 0.243 e.